The highest BCUT2D eigenvalue weighted by Gasteiger charge is 2.19. The number of hydrogen-bond donors (Lipinski definition) is 0. The lowest BCUT2D eigenvalue weighted by Gasteiger charge is -2.07. The van der Waals surface area contributed by atoms with Crippen LogP contribution in [-0.4, -0.2) is 29.1 Å². The highest BCUT2D eigenvalue weighted by atomic mass is 32.2. The quantitative estimate of drug-likeness (QED) is 0.463. The average Bonchev–Trinajstić information content (AvgIpc) is 2.53. The molecule has 22 heavy (non-hydrogen) atoms. The van der Waals surface area contributed by atoms with E-state index < -0.39 is 18.3 Å². The monoisotopic (exact) mass is 323 g/mol. The summed E-state index contributed by atoms with van der Waals surface area (Å²) < 4.78 is 29.7. The van der Waals surface area contributed by atoms with Gasteiger partial charge in [-0.05, 0) is 23.9 Å². The number of benzene rings is 1. The predicted octanol–water partition coefficient (Wildman–Crippen LogP) is 3.44. The Bertz CT molecular complexity index is 665. The van der Waals surface area contributed by atoms with Crippen LogP contribution in [0.25, 0.3) is 0 Å². The van der Waals surface area contributed by atoms with E-state index >= 15 is 0 Å². The van der Waals surface area contributed by atoms with Gasteiger partial charge in [-0.3, -0.25) is 4.79 Å². The third-order valence-electron chi connectivity index (χ3n) is 2.62. The number of thioether (sulfide) groups is 1. The fraction of sp³-hybridized carbons (Fsp3) is 0.133. The Morgan fingerprint density at radius 3 is 2.55 bits per heavy atom. The standard InChI is InChI=1S/C15H11F2NO3S/c16-15(17)22-13-11(7-4-8-18-13)14(20)21-9-12(19)10-5-2-1-3-6-10/h1-8,15H,9H2. The Kier molecular flexibility index (Phi) is 5.60. The Labute approximate surface area is 129 Å². The molecule has 0 radical (unpaired) electrons. The second-order valence-corrected chi connectivity index (χ2v) is 5.08. The number of esters is 1. The zero-order chi connectivity index (χ0) is 15.9. The molecule has 0 atom stereocenters. The van der Waals surface area contributed by atoms with E-state index in [2.05, 4.69) is 4.98 Å². The van der Waals surface area contributed by atoms with Crippen LogP contribution in [0.3, 0.4) is 0 Å². The number of ketones is 1. The van der Waals surface area contributed by atoms with Crippen LogP contribution in [0.2, 0.25) is 0 Å². The van der Waals surface area contributed by atoms with Crippen LogP contribution >= 0.6 is 11.8 Å². The first-order valence-electron chi connectivity index (χ1n) is 6.23. The zero-order valence-electron chi connectivity index (χ0n) is 11.2. The topological polar surface area (TPSA) is 56.3 Å². The lowest BCUT2D eigenvalue weighted by atomic mass is 10.1. The van der Waals surface area contributed by atoms with Gasteiger partial charge in [-0.25, -0.2) is 9.78 Å². The largest absolute Gasteiger partial charge is 0.454 e. The molecule has 0 fully saturated rings. The molecule has 114 valence electrons. The number of ether oxygens (including phenoxy) is 1. The van der Waals surface area contributed by atoms with E-state index in [1.807, 2.05) is 0 Å². The first-order chi connectivity index (χ1) is 10.6. The van der Waals surface area contributed by atoms with E-state index in [1.165, 1.54) is 18.3 Å². The summed E-state index contributed by atoms with van der Waals surface area (Å²) in [5.74, 6) is -3.94. The third kappa shape index (κ3) is 4.36. The number of pyridine rings is 1. The fourth-order valence-electron chi connectivity index (χ4n) is 1.64. The van der Waals surface area contributed by atoms with Crippen molar-refractivity contribution in [3.63, 3.8) is 0 Å². The summed E-state index contributed by atoms with van der Waals surface area (Å²) in [6.45, 7) is -0.462. The van der Waals surface area contributed by atoms with Crippen LogP contribution in [0, 0.1) is 0 Å². The fourth-order valence-corrected chi connectivity index (χ4v) is 2.21. The Balaban J connectivity index is 2.02. The average molecular weight is 323 g/mol. The maximum atomic E-state index is 12.4. The van der Waals surface area contributed by atoms with Gasteiger partial charge in [0.2, 0.25) is 0 Å². The normalized spacial score (nSPS) is 10.5. The summed E-state index contributed by atoms with van der Waals surface area (Å²) in [7, 11) is 0. The van der Waals surface area contributed by atoms with E-state index in [9.17, 15) is 18.4 Å². The molecule has 0 bridgehead atoms. The van der Waals surface area contributed by atoms with Crippen molar-refractivity contribution in [1.82, 2.24) is 4.98 Å². The minimum absolute atomic E-state index is 0.0892. The number of hydrogen-bond acceptors (Lipinski definition) is 5. The first-order valence-corrected chi connectivity index (χ1v) is 7.11. The lowest BCUT2D eigenvalue weighted by Crippen LogP contribution is -2.15. The number of rotatable bonds is 6. The number of alkyl halides is 2. The molecule has 2 aromatic rings. The smallest absolute Gasteiger partial charge is 0.341 e. The summed E-state index contributed by atoms with van der Waals surface area (Å²) in [6.07, 6.45) is 1.30. The van der Waals surface area contributed by atoms with Crippen LogP contribution in [-0.2, 0) is 4.74 Å². The summed E-state index contributed by atoms with van der Waals surface area (Å²) in [4.78, 5) is 27.5. The minimum atomic E-state index is -2.70. The van der Waals surface area contributed by atoms with Gasteiger partial charge in [0.05, 0.1) is 5.56 Å². The van der Waals surface area contributed by atoms with Crippen LogP contribution in [0.4, 0.5) is 8.78 Å². The van der Waals surface area contributed by atoms with Crippen molar-refractivity contribution in [3.05, 3.63) is 59.8 Å². The molecule has 0 N–H and O–H groups in total. The van der Waals surface area contributed by atoms with Gasteiger partial charge < -0.3 is 4.74 Å². The van der Waals surface area contributed by atoms with E-state index in [0.717, 1.165) is 0 Å². The second-order valence-electron chi connectivity index (χ2n) is 4.10. The van der Waals surface area contributed by atoms with E-state index in [4.69, 9.17) is 4.74 Å². The van der Waals surface area contributed by atoms with Crippen molar-refractivity contribution in [3.8, 4) is 0 Å². The molecule has 0 aliphatic rings. The van der Waals surface area contributed by atoms with Crippen LogP contribution in [0.5, 0.6) is 0 Å². The molecule has 0 aliphatic carbocycles. The molecule has 4 nitrogen and oxygen atoms in total. The van der Waals surface area contributed by atoms with Crippen LogP contribution in [0.15, 0.2) is 53.7 Å². The Morgan fingerprint density at radius 2 is 1.86 bits per heavy atom. The Hall–Kier alpha value is -2.28. The Morgan fingerprint density at radius 1 is 1.14 bits per heavy atom. The van der Waals surface area contributed by atoms with Gasteiger partial charge in [-0.2, -0.15) is 8.78 Å². The zero-order valence-corrected chi connectivity index (χ0v) is 12.1. The van der Waals surface area contributed by atoms with Crippen molar-refractivity contribution < 1.29 is 23.1 Å². The number of Topliss-reactive ketones (excluding diaryl/α,β-unsaturated/α-hetero) is 1. The summed E-state index contributed by atoms with van der Waals surface area (Å²) >= 11 is 0.154. The highest BCUT2D eigenvalue weighted by molar-refractivity contribution is 7.99. The molecule has 2 rings (SSSR count). The van der Waals surface area contributed by atoms with Gasteiger partial charge in [-0.15, -0.1) is 0 Å². The van der Waals surface area contributed by atoms with Crippen molar-refractivity contribution in [2.24, 2.45) is 0 Å². The summed E-state index contributed by atoms with van der Waals surface area (Å²) in [6, 6.07) is 11.1. The number of halogens is 2. The molecule has 0 aliphatic heterocycles. The number of nitrogens with zero attached hydrogens (tertiary/aromatic N) is 1. The van der Waals surface area contributed by atoms with Crippen molar-refractivity contribution in [2.75, 3.05) is 6.61 Å². The number of aromatic nitrogens is 1. The second kappa shape index (κ2) is 7.65. The van der Waals surface area contributed by atoms with Gasteiger partial charge in [0, 0.05) is 11.8 Å². The van der Waals surface area contributed by atoms with Gasteiger partial charge >= 0.3 is 5.97 Å². The molecule has 1 aromatic carbocycles. The molecule has 7 heteroatoms. The predicted molar refractivity (Wildman–Crippen MR) is 77.2 cm³/mol. The lowest BCUT2D eigenvalue weighted by molar-refractivity contribution is 0.0470. The van der Waals surface area contributed by atoms with Gasteiger partial charge in [0.1, 0.15) is 5.03 Å². The molecule has 1 aromatic heterocycles. The van der Waals surface area contributed by atoms with Crippen molar-refractivity contribution in [1.29, 1.82) is 0 Å². The first kappa shape index (κ1) is 16.1. The van der Waals surface area contributed by atoms with Crippen molar-refractivity contribution >= 4 is 23.5 Å². The molecule has 0 unspecified atom stereocenters. The molecule has 0 saturated carbocycles. The summed E-state index contributed by atoms with van der Waals surface area (Å²) in [5.41, 5.74) is 0.317. The maximum absolute atomic E-state index is 12.4. The van der Waals surface area contributed by atoms with Crippen molar-refractivity contribution in [2.45, 2.75) is 10.8 Å². The van der Waals surface area contributed by atoms with E-state index in [-0.39, 0.29) is 28.1 Å². The molecule has 0 spiro atoms. The number of carbonyl (C=O) groups is 2. The molecule has 0 amide bonds. The van der Waals surface area contributed by atoms with Crippen LogP contribution in [0.1, 0.15) is 20.7 Å². The maximum Gasteiger partial charge on any atom is 0.341 e. The minimum Gasteiger partial charge on any atom is -0.454 e. The van der Waals surface area contributed by atoms with Gasteiger partial charge in [0.25, 0.3) is 5.76 Å². The summed E-state index contributed by atoms with van der Waals surface area (Å²) in [5, 5.41) is -0.130. The van der Waals surface area contributed by atoms with Gasteiger partial charge in [-0.1, -0.05) is 30.3 Å². The third-order valence-corrected chi connectivity index (χ3v) is 3.35. The SMILES string of the molecule is O=C(COC(=O)c1cccnc1SC(F)F)c1ccccc1. The number of carbonyl (C=O) groups excluding carboxylic acids is 2. The molecular weight excluding hydrogens is 312 g/mol. The highest BCUT2D eigenvalue weighted by Crippen LogP contribution is 2.26. The van der Waals surface area contributed by atoms with E-state index in [1.54, 1.807) is 30.3 Å². The molecular formula is C15H11F2NO3S. The molecule has 1 heterocycles. The van der Waals surface area contributed by atoms with Crippen LogP contribution < -0.4 is 0 Å². The van der Waals surface area contributed by atoms with Gasteiger partial charge in [0.15, 0.2) is 12.4 Å². The van der Waals surface area contributed by atoms with E-state index in [0.29, 0.717) is 5.56 Å². The molecule has 0 saturated heterocycles.